The third kappa shape index (κ3) is 8.93. The summed E-state index contributed by atoms with van der Waals surface area (Å²) in [5.74, 6) is 0. The lowest BCUT2D eigenvalue weighted by Crippen LogP contribution is -2.50. The lowest BCUT2D eigenvalue weighted by Gasteiger charge is -2.39. The highest BCUT2D eigenvalue weighted by atomic mass is 16.0. The zero-order chi connectivity index (χ0) is 13.0. The molecule has 2 heteroatoms. The van der Waals surface area contributed by atoms with Gasteiger partial charge in [-0.05, 0) is 38.5 Å². The normalized spacial score (nSPS) is 11.3. The molecule has 1 N–H and O–H groups in total. The van der Waals surface area contributed by atoms with Gasteiger partial charge >= 0.3 is 0 Å². The van der Waals surface area contributed by atoms with Crippen LogP contribution in [-0.4, -0.2) is 36.1 Å². The van der Waals surface area contributed by atoms with Gasteiger partial charge in [-0.1, -0.05) is 40.5 Å². The molecule has 0 atom stereocenters. The average molecular weight is 259 g/mol. The van der Waals surface area contributed by atoms with Gasteiger partial charge in [-0.3, -0.25) is 0 Å². The molecular formula is C16H37NO. The van der Waals surface area contributed by atoms with E-state index in [0.29, 0.717) is 0 Å². The standard InChI is InChI=1S/C16H36N.H2O/c1-5-9-11-15-17(13-7-3,14-8-4)16-12-10-6-2;/h5-16H2,1-4H3;1H2/q+1;/p-1. The molecule has 0 bridgehead atoms. The Balaban J connectivity index is 0. The number of nitrogens with zero attached hydrogens (tertiary/aromatic N) is 1. The Hall–Kier alpha value is -0.0800. The van der Waals surface area contributed by atoms with Crippen molar-refractivity contribution in [1.29, 1.82) is 0 Å². The fourth-order valence-corrected chi connectivity index (χ4v) is 3.01. The van der Waals surface area contributed by atoms with Crippen molar-refractivity contribution >= 4 is 0 Å². The van der Waals surface area contributed by atoms with Gasteiger partial charge in [0.05, 0.1) is 26.2 Å². The first-order chi connectivity index (χ1) is 8.24. The molecule has 0 fully saturated rings. The first-order valence-corrected chi connectivity index (χ1v) is 8.09. The number of rotatable bonds is 12. The van der Waals surface area contributed by atoms with Crippen LogP contribution >= 0.6 is 0 Å². The van der Waals surface area contributed by atoms with Crippen molar-refractivity contribution in [3.8, 4) is 0 Å². The van der Waals surface area contributed by atoms with Crippen LogP contribution in [0.15, 0.2) is 0 Å². The first-order valence-electron chi connectivity index (χ1n) is 8.09. The van der Waals surface area contributed by atoms with E-state index in [-0.39, 0.29) is 5.48 Å². The van der Waals surface area contributed by atoms with Crippen LogP contribution in [0.2, 0.25) is 0 Å². The Bertz CT molecular complexity index is 141. The fourth-order valence-electron chi connectivity index (χ4n) is 3.01. The quantitative estimate of drug-likeness (QED) is 0.365. The minimum Gasteiger partial charge on any atom is -0.870 e. The van der Waals surface area contributed by atoms with E-state index in [1.165, 1.54) is 82.0 Å². The van der Waals surface area contributed by atoms with E-state index in [1.807, 2.05) is 0 Å². The number of hydrogen-bond acceptors (Lipinski definition) is 1. The summed E-state index contributed by atoms with van der Waals surface area (Å²) in [5.41, 5.74) is 0. The molecule has 0 rings (SSSR count). The molecule has 112 valence electrons. The van der Waals surface area contributed by atoms with Gasteiger partial charge in [0, 0.05) is 0 Å². The van der Waals surface area contributed by atoms with Crippen LogP contribution in [0.1, 0.15) is 79.1 Å². The van der Waals surface area contributed by atoms with Crippen molar-refractivity contribution < 1.29 is 9.96 Å². The Labute approximate surface area is 116 Å². The molecule has 0 aliphatic rings. The Morgan fingerprint density at radius 1 is 0.500 bits per heavy atom. The Morgan fingerprint density at radius 2 is 0.889 bits per heavy atom. The van der Waals surface area contributed by atoms with Gasteiger partial charge in [0.2, 0.25) is 0 Å². The molecule has 0 saturated carbocycles. The van der Waals surface area contributed by atoms with Crippen LogP contribution < -0.4 is 0 Å². The molecule has 0 aromatic carbocycles. The summed E-state index contributed by atoms with van der Waals surface area (Å²) < 4.78 is 1.41. The third-order valence-corrected chi connectivity index (χ3v) is 3.87. The van der Waals surface area contributed by atoms with Crippen LogP contribution in [0.4, 0.5) is 0 Å². The van der Waals surface area contributed by atoms with E-state index in [0.717, 1.165) is 0 Å². The second-order valence-electron chi connectivity index (χ2n) is 5.65. The van der Waals surface area contributed by atoms with Gasteiger partial charge in [-0.15, -0.1) is 0 Å². The van der Waals surface area contributed by atoms with Crippen molar-refractivity contribution in [3.05, 3.63) is 0 Å². The van der Waals surface area contributed by atoms with E-state index in [4.69, 9.17) is 0 Å². The molecule has 0 radical (unpaired) electrons. The van der Waals surface area contributed by atoms with Gasteiger partial charge in [0.1, 0.15) is 0 Å². The van der Waals surface area contributed by atoms with E-state index >= 15 is 0 Å². The molecule has 0 aliphatic carbocycles. The minimum absolute atomic E-state index is 0. The molecule has 0 spiro atoms. The monoisotopic (exact) mass is 259 g/mol. The summed E-state index contributed by atoms with van der Waals surface area (Å²) >= 11 is 0. The SMILES string of the molecule is CCCCC[N+](CCC)(CCC)CCCCC.[OH-]. The highest BCUT2D eigenvalue weighted by Gasteiger charge is 2.24. The molecule has 0 aromatic heterocycles. The largest absolute Gasteiger partial charge is 0.870 e. The van der Waals surface area contributed by atoms with Crippen molar-refractivity contribution in [1.82, 2.24) is 0 Å². The molecule has 0 heterocycles. The molecular weight excluding hydrogens is 222 g/mol. The second-order valence-corrected chi connectivity index (χ2v) is 5.65. The third-order valence-electron chi connectivity index (χ3n) is 3.87. The fraction of sp³-hybridized carbons (Fsp3) is 1.00. The summed E-state index contributed by atoms with van der Waals surface area (Å²) in [5, 5.41) is 0. The lowest BCUT2D eigenvalue weighted by molar-refractivity contribution is -0.928. The van der Waals surface area contributed by atoms with Crippen LogP contribution in [-0.2, 0) is 0 Å². The van der Waals surface area contributed by atoms with Crippen LogP contribution in [0, 0.1) is 0 Å². The molecule has 0 saturated heterocycles. The predicted octanol–water partition coefficient (Wildman–Crippen LogP) is 4.83. The van der Waals surface area contributed by atoms with E-state index in [1.54, 1.807) is 0 Å². The maximum absolute atomic E-state index is 2.35. The smallest absolute Gasteiger partial charge is 0.0786 e. The van der Waals surface area contributed by atoms with Gasteiger partial charge in [0.25, 0.3) is 0 Å². The molecule has 18 heavy (non-hydrogen) atoms. The zero-order valence-corrected chi connectivity index (χ0v) is 13.4. The first kappa shape index (κ1) is 20.2. The zero-order valence-electron chi connectivity index (χ0n) is 13.4. The predicted molar refractivity (Wildman–Crippen MR) is 81.3 cm³/mol. The highest BCUT2D eigenvalue weighted by molar-refractivity contribution is 4.48. The van der Waals surface area contributed by atoms with Gasteiger partial charge in [-0.25, -0.2) is 0 Å². The van der Waals surface area contributed by atoms with Crippen molar-refractivity contribution in [2.45, 2.75) is 79.1 Å². The summed E-state index contributed by atoms with van der Waals surface area (Å²) in [4.78, 5) is 0. The van der Waals surface area contributed by atoms with Crippen LogP contribution in [0.25, 0.3) is 0 Å². The molecule has 2 nitrogen and oxygen atoms in total. The second kappa shape index (κ2) is 13.4. The summed E-state index contributed by atoms with van der Waals surface area (Å²) in [6, 6.07) is 0. The van der Waals surface area contributed by atoms with E-state index in [2.05, 4.69) is 27.7 Å². The van der Waals surface area contributed by atoms with Gasteiger partial charge in [0.15, 0.2) is 0 Å². The number of quaternary nitrogens is 1. The molecule has 0 aromatic rings. The van der Waals surface area contributed by atoms with E-state index in [9.17, 15) is 0 Å². The van der Waals surface area contributed by atoms with Crippen molar-refractivity contribution in [2.75, 3.05) is 26.2 Å². The van der Waals surface area contributed by atoms with Crippen LogP contribution in [0.5, 0.6) is 0 Å². The number of unbranched alkanes of at least 4 members (excludes halogenated alkanes) is 4. The highest BCUT2D eigenvalue weighted by Crippen LogP contribution is 2.15. The van der Waals surface area contributed by atoms with Crippen LogP contribution in [0.3, 0.4) is 0 Å². The van der Waals surface area contributed by atoms with Gasteiger partial charge in [-0.2, -0.15) is 0 Å². The maximum Gasteiger partial charge on any atom is 0.0786 e. The van der Waals surface area contributed by atoms with Crippen molar-refractivity contribution in [2.24, 2.45) is 0 Å². The Kier molecular flexibility index (Phi) is 15.0. The van der Waals surface area contributed by atoms with Crippen molar-refractivity contribution in [3.63, 3.8) is 0 Å². The summed E-state index contributed by atoms with van der Waals surface area (Å²) in [7, 11) is 0. The molecule has 0 unspecified atom stereocenters. The lowest BCUT2D eigenvalue weighted by atomic mass is 10.1. The Morgan fingerprint density at radius 3 is 1.17 bits per heavy atom. The maximum atomic E-state index is 2.35. The van der Waals surface area contributed by atoms with E-state index < -0.39 is 0 Å². The topological polar surface area (TPSA) is 30.0 Å². The van der Waals surface area contributed by atoms with Gasteiger partial charge < -0.3 is 9.96 Å². The average Bonchev–Trinajstić information content (AvgIpc) is 2.30. The molecule has 0 aliphatic heterocycles. The minimum atomic E-state index is 0. The summed E-state index contributed by atoms with van der Waals surface area (Å²) in [6.07, 6.45) is 11.1. The number of hydrogen-bond donors (Lipinski definition) is 0. The summed E-state index contributed by atoms with van der Waals surface area (Å²) in [6.45, 7) is 15.0. The molecule has 0 amide bonds.